The lowest BCUT2D eigenvalue weighted by Crippen LogP contribution is -2.46. The molecule has 1 N–H and O–H groups in total. The Morgan fingerprint density at radius 3 is 2.50 bits per heavy atom. The predicted octanol–water partition coefficient (Wildman–Crippen LogP) is 2.64. The number of nitrogens with one attached hydrogen (secondary N) is 1. The molecule has 0 spiro atoms. The van der Waals surface area contributed by atoms with Crippen LogP contribution in [0.4, 0.5) is 11.6 Å². The second kappa shape index (κ2) is 6.54. The third-order valence-corrected chi connectivity index (χ3v) is 6.12. The molecule has 0 radical (unpaired) electrons. The highest BCUT2D eigenvalue weighted by Gasteiger charge is 2.29. The molecule has 0 bridgehead atoms. The smallest absolute Gasteiger partial charge is 0.226 e. The van der Waals surface area contributed by atoms with Crippen LogP contribution in [0.25, 0.3) is 11.3 Å². The SMILES string of the molecule is C[C@H]1CCN1c1nc2c(c(-c3ccc(N4CCNCC4)cc3)n1)CCC2. The Hall–Kier alpha value is -2.14. The number of aromatic nitrogens is 2. The predicted molar refractivity (Wildman–Crippen MR) is 106 cm³/mol. The Morgan fingerprint density at radius 1 is 1.00 bits per heavy atom. The fraction of sp³-hybridized carbons (Fsp3) is 0.524. The normalized spacial score (nSPS) is 22.3. The highest BCUT2D eigenvalue weighted by atomic mass is 15.3. The van der Waals surface area contributed by atoms with E-state index in [0.717, 1.165) is 57.2 Å². The molecule has 3 aliphatic rings. The summed E-state index contributed by atoms with van der Waals surface area (Å²) in [6, 6.07) is 9.59. The molecule has 5 nitrogen and oxygen atoms in total. The first-order valence-corrected chi connectivity index (χ1v) is 10.0. The average molecular weight is 349 g/mol. The third kappa shape index (κ3) is 2.75. The quantitative estimate of drug-likeness (QED) is 0.923. The van der Waals surface area contributed by atoms with E-state index < -0.39 is 0 Å². The van der Waals surface area contributed by atoms with Crippen LogP contribution in [-0.4, -0.2) is 48.7 Å². The van der Waals surface area contributed by atoms with Crippen LogP contribution in [0.15, 0.2) is 24.3 Å². The van der Waals surface area contributed by atoms with E-state index in [2.05, 4.69) is 46.3 Å². The van der Waals surface area contributed by atoms with E-state index in [1.165, 1.54) is 35.3 Å². The van der Waals surface area contributed by atoms with Gasteiger partial charge in [-0.15, -0.1) is 0 Å². The maximum Gasteiger partial charge on any atom is 0.226 e. The fourth-order valence-corrected chi connectivity index (χ4v) is 4.35. The minimum Gasteiger partial charge on any atom is -0.369 e. The van der Waals surface area contributed by atoms with Crippen molar-refractivity contribution in [3.05, 3.63) is 35.5 Å². The van der Waals surface area contributed by atoms with Crippen molar-refractivity contribution in [1.29, 1.82) is 0 Å². The van der Waals surface area contributed by atoms with Gasteiger partial charge in [-0.1, -0.05) is 12.1 Å². The van der Waals surface area contributed by atoms with Crippen molar-refractivity contribution in [2.24, 2.45) is 0 Å². The van der Waals surface area contributed by atoms with Gasteiger partial charge in [-0.3, -0.25) is 0 Å². The fourth-order valence-electron chi connectivity index (χ4n) is 4.35. The zero-order chi connectivity index (χ0) is 17.5. The molecular formula is C21H27N5. The third-order valence-electron chi connectivity index (χ3n) is 6.12. The molecule has 136 valence electrons. The first-order valence-electron chi connectivity index (χ1n) is 10.0. The van der Waals surface area contributed by atoms with E-state index in [0.29, 0.717) is 6.04 Å². The maximum absolute atomic E-state index is 5.02. The van der Waals surface area contributed by atoms with E-state index in [1.807, 2.05) is 0 Å². The van der Waals surface area contributed by atoms with Crippen LogP contribution in [0, 0.1) is 0 Å². The van der Waals surface area contributed by atoms with Crippen molar-refractivity contribution in [2.45, 2.75) is 38.6 Å². The van der Waals surface area contributed by atoms with E-state index in [1.54, 1.807) is 0 Å². The van der Waals surface area contributed by atoms with Gasteiger partial charge in [0.25, 0.3) is 0 Å². The summed E-state index contributed by atoms with van der Waals surface area (Å²) in [6.45, 7) is 7.65. The molecule has 2 aliphatic heterocycles. The van der Waals surface area contributed by atoms with Gasteiger partial charge in [-0.05, 0) is 44.7 Å². The summed E-state index contributed by atoms with van der Waals surface area (Å²) in [5.74, 6) is 0.936. The number of hydrogen-bond acceptors (Lipinski definition) is 5. The van der Waals surface area contributed by atoms with Crippen LogP contribution in [0.5, 0.6) is 0 Å². The van der Waals surface area contributed by atoms with Crippen molar-refractivity contribution in [1.82, 2.24) is 15.3 Å². The highest BCUT2D eigenvalue weighted by Crippen LogP contribution is 2.34. The van der Waals surface area contributed by atoms with Gasteiger partial charge in [-0.2, -0.15) is 0 Å². The van der Waals surface area contributed by atoms with Gasteiger partial charge in [-0.25, -0.2) is 9.97 Å². The monoisotopic (exact) mass is 349 g/mol. The summed E-state index contributed by atoms with van der Waals surface area (Å²) in [7, 11) is 0. The highest BCUT2D eigenvalue weighted by molar-refractivity contribution is 5.69. The van der Waals surface area contributed by atoms with Crippen LogP contribution in [0.3, 0.4) is 0 Å². The Balaban J connectivity index is 1.49. The molecule has 0 saturated carbocycles. The summed E-state index contributed by atoms with van der Waals surface area (Å²) >= 11 is 0. The first-order chi connectivity index (χ1) is 12.8. The molecule has 1 aromatic carbocycles. The summed E-state index contributed by atoms with van der Waals surface area (Å²) in [4.78, 5) is 14.7. The Labute approximate surface area is 155 Å². The van der Waals surface area contributed by atoms with E-state index in [4.69, 9.17) is 9.97 Å². The van der Waals surface area contributed by atoms with Gasteiger partial charge in [0.1, 0.15) is 0 Å². The zero-order valence-electron chi connectivity index (χ0n) is 15.5. The zero-order valence-corrected chi connectivity index (χ0v) is 15.5. The molecule has 1 aromatic heterocycles. The number of fused-ring (bicyclic) bond motifs is 1. The Bertz CT molecular complexity index is 795. The van der Waals surface area contributed by atoms with Crippen molar-refractivity contribution >= 4 is 11.6 Å². The molecular weight excluding hydrogens is 322 g/mol. The van der Waals surface area contributed by atoms with Crippen LogP contribution < -0.4 is 15.1 Å². The number of benzene rings is 1. The van der Waals surface area contributed by atoms with Gasteiger partial charge >= 0.3 is 0 Å². The van der Waals surface area contributed by atoms with Gasteiger partial charge in [0.15, 0.2) is 0 Å². The number of hydrogen-bond donors (Lipinski definition) is 1. The summed E-state index contributed by atoms with van der Waals surface area (Å²) in [6.07, 6.45) is 4.66. The molecule has 1 atom stereocenters. The number of anilines is 2. The molecule has 5 heteroatoms. The summed E-state index contributed by atoms with van der Waals surface area (Å²) in [5, 5.41) is 3.42. The van der Waals surface area contributed by atoms with Crippen LogP contribution in [0.2, 0.25) is 0 Å². The lowest BCUT2D eigenvalue weighted by Gasteiger charge is -2.39. The van der Waals surface area contributed by atoms with Gasteiger partial charge < -0.3 is 15.1 Å². The largest absolute Gasteiger partial charge is 0.369 e. The van der Waals surface area contributed by atoms with Gasteiger partial charge in [0.2, 0.25) is 5.95 Å². The average Bonchev–Trinajstić information content (AvgIpc) is 3.16. The maximum atomic E-state index is 5.02. The topological polar surface area (TPSA) is 44.3 Å². The number of aryl methyl sites for hydroxylation is 1. The standard InChI is InChI=1S/C21H27N5/c1-15-9-12-26(15)21-23-19-4-2-3-18(19)20(24-21)16-5-7-17(8-6-16)25-13-10-22-11-14-25/h5-8,15,22H,2-4,9-14H2,1H3/t15-/m0/s1. The minimum atomic E-state index is 0.567. The number of rotatable bonds is 3. The minimum absolute atomic E-state index is 0.567. The van der Waals surface area contributed by atoms with E-state index in [-0.39, 0.29) is 0 Å². The molecule has 1 aliphatic carbocycles. The van der Waals surface area contributed by atoms with E-state index >= 15 is 0 Å². The van der Waals surface area contributed by atoms with Crippen molar-refractivity contribution < 1.29 is 0 Å². The molecule has 3 heterocycles. The van der Waals surface area contributed by atoms with Crippen molar-refractivity contribution in [2.75, 3.05) is 42.5 Å². The van der Waals surface area contributed by atoms with Gasteiger partial charge in [0.05, 0.1) is 5.69 Å². The van der Waals surface area contributed by atoms with Crippen molar-refractivity contribution in [3.63, 3.8) is 0 Å². The molecule has 5 rings (SSSR count). The molecule has 0 unspecified atom stereocenters. The van der Waals surface area contributed by atoms with Crippen molar-refractivity contribution in [3.8, 4) is 11.3 Å². The second-order valence-corrected chi connectivity index (χ2v) is 7.77. The van der Waals surface area contributed by atoms with Crippen LogP contribution in [-0.2, 0) is 12.8 Å². The molecule has 2 aromatic rings. The molecule has 2 fully saturated rings. The molecule has 26 heavy (non-hydrogen) atoms. The number of nitrogens with zero attached hydrogens (tertiary/aromatic N) is 4. The van der Waals surface area contributed by atoms with Crippen LogP contribution in [0.1, 0.15) is 31.0 Å². The summed E-state index contributed by atoms with van der Waals surface area (Å²) in [5.41, 5.74) is 6.36. The van der Waals surface area contributed by atoms with Crippen LogP contribution >= 0.6 is 0 Å². The Morgan fingerprint density at radius 2 is 1.81 bits per heavy atom. The number of piperazine rings is 1. The first kappa shape index (κ1) is 16.1. The summed E-state index contributed by atoms with van der Waals surface area (Å²) < 4.78 is 0. The molecule has 2 saturated heterocycles. The molecule has 0 amide bonds. The van der Waals surface area contributed by atoms with E-state index in [9.17, 15) is 0 Å². The lowest BCUT2D eigenvalue weighted by molar-refractivity contribution is 0.470. The van der Waals surface area contributed by atoms with Gasteiger partial charge in [0, 0.05) is 61.3 Å². The lowest BCUT2D eigenvalue weighted by atomic mass is 10.0. The Kier molecular flexibility index (Phi) is 4.04. The second-order valence-electron chi connectivity index (χ2n) is 7.77.